The second-order valence-corrected chi connectivity index (χ2v) is 2.44. The lowest BCUT2D eigenvalue weighted by Gasteiger charge is -2.04. The molecule has 0 radical (unpaired) electrons. The molecule has 0 saturated heterocycles. The fraction of sp³-hybridized carbons (Fsp3) is 0.333. The first kappa shape index (κ1) is 9.92. The minimum Gasteiger partial charge on any atom is -0.491 e. The summed E-state index contributed by atoms with van der Waals surface area (Å²) in [5.74, 6) is 0.485. The van der Waals surface area contributed by atoms with Crippen molar-refractivity contribution in [3.05, 3.63) is 29.8 Å². The van der Waals surface area contributed by atoms with Crippen molar-refractivity contribution in [3.63, 3.8) is 0 Å². The SMILES string of the molecule is OCCOc1ccc(C(F)F)cc1. The molecule has 1 N–H and O–H groups in total. The van der Waals surface area contributed by atoms with E-state index in [4.69, 9.17) is 9.84 Å². The lowest BCUT2D eigenvalue weighted by atomic mass is 10.2. The molecule has 0 spiro atoms. The van der Waals surface area contributed by atoms with Gasteiger partial charge in [0.15, 0.2) is 0 Å². The summed E-state index contributed by atoms with van der Waals surface area (Å²) in [5.41, 5.74) is -0.0312. The number of aliphatic hydroxyl groups is 1. The summed E-state index contributed by atoms with van der Waals surface area (Å²) in [4.78, 5) is 0. The molecule has 0 aliphatic carbocycles. The third-order valence-electron chi connectivity index (χ3n) is 1.49. The van der Waals surface area contributed by atoms with Gasteiger partial charge in [0.25, 0.3) is 6.43 Å². The maximum Gasteiger partial charge on any atom is 0.263 e. The zero-order valence-electron chi connectivity index (χ0n) is 6.91. The second-order valence-electron chi connectivity index (χ2n) is 2.44. The topological polar surface area (TPSA) is 29.5 Å². The minimum absolute atomic E-state index is 0.0312. The highest BCUT2D eigenvalue weighted by atomic mass is 19.3. The number of alkyl halides is 2. The summed E-state index contributed by atoms with van der Waals surface area (Å²) in [7, 11) is 0. The highest BCUT2D eigenvalue weighted by Crippen LogP contribution is 2.21. The molecule has 2 nitrogen and oxygen atoms in total. The summed E-state index contributed by atoms with van der Waals surface area (Å²) in [6.07, 6.45) is -2.45. The minimum atomic E-state index is -2.45. The van der Waals surface area contributed by atoms with E-state index in [-0.39, 0.29) is 18.8 Å². The number of aliphatic hydroxyl groups excluding tert-OH is 1. The first-order chi connectivity index (χ1) is 6.24. The van der Waals surface area contributed by atoms with Crippen molar-refractivity contribution < 1.29 is 18.6 Å². The van der Waals surface area contributed by atoms with Crippen molar-refractivity contribution in [2.24, 2.45) is 0 Å². The van der Waals surface area contributed by atoms with Crippen molar-refractivity contribution in [1.82, 2.24) is 0 Å². The van der Waals surface area contributed by atoms with Gasteiger partial charge in [0.1, 0.15) is 12.4 Å². The third-order valence-corrected chi connectivity index (χ3v) is 1.49. The van der Waals surface area contributed by atoms with Crippen molar-refractivity contribution in [2.75, 3.05) is 13.2 Å². The van der Waals surface area contributed by atoms with Gasteiger partial charge in [0, 0.05) is 5.56 Å². The van der Waals surface area contributed by atoms with E-state index in [0.29, 0.717) is 5.75 Å². The van der Waals surface area contributed by atoms with Crippen LogP contribution in [0.3, 0.4) is 0 Å². The average Bonchev–Trinajstić information content (AvgIpc) is 2.15. The Bertz CT molecular complexity index is 246. The first-order valence-electron chi connectivity index (χ1n) is 3.86. The Morgan fingerprint density at radius 2 is 1.85 bits per heavy atom. The molecule has 0 amide bonds. The second kappa shape index (κ2) is 4.77. The predicted molar refractivity (Wildman–Crippen MR) is 44.0 cm³/mol. The normalized spacial score (nSPS) is 10.5. The van der Waals surface area contributed by atoms with E-state index >= 15 is 0 Å². The van der Waals surface area contributed by atoms with Crippen molar-refractivity contribution in [1.29, 1.82) is 0 Å². The van der Waals surface area contributed by atoms with Gasteiger partial charge in [-0.3, -0.25) is 0 Å². The maximum atomic E-state index is 12.1. The summed E-state index contributed by atoms with van der Waals surface area (Å²) >= 11 is 0. The first-order valence-corrected chi connectivity index (χ1v) is 3.86. The monoisotopic (exact) mass is 188 g/mol. The number of hydrogen-bond acceptors (Lipinski definition) is 2. The van der Waals surface area contributed by atoms with E-state index in [2.05, 4.69) is 0 Å². The predicted octanol–water partition coefficient (Wildman–Crippen LogP) is 2.00. The molecule has 0 bridgehead atoms. The molecule has 0 atom stereocenters. The zero-order valence-corrected chi connectivity index (χ0v) is 6.91. The molecule has 0 fully saturated rings. The molecule has 1 aromatic rings. The molecule has 13 heavy (non-hydrogen) atoms. The molecule has 0 aromatic heterocycles. The summed E-state index contributed by atoms with van der Waals surface area (Å²) in [6, 6.07) is 5.52. The van der Waals surface area contributed by atoms with Crippen LogP contribution in [-0.2, 0) is 0 Å². The van der Waals surface area contributed by atoms with Gasteiger partial charge in [-0.15, -0.1) is 0 Å². The Morgan fingerprint density at radius 1 is 1.23 bits per heavy atom. The average molecular weight is 188 g/mol. The number of hydrogen-bond donors (Lipinski definition) is 1. The van der Waals surface area contributed by atoms with Crippen LogP contribution < -0.4 is 4.74 Å². The Balaban J connectivity index is 2.59. The van der Waals surface area contributed by atoms with E-state index in [1.54, 1.807) is 0 Å². The lowest BCUT2D eigenvalue weighted by Crippen LogP contribution is -2.01. The van der Waals surface area contributed by atoms with Crippen LogP contribution in [0.4, 0.5) is 8.78 Å². The van der Waals surface area contributed by atoms with Gasteiger partial charge in [-0.25, -0.2) is 8.78 Å². The third kappa shape index (κ3) is 2.99. The molecule has 0 aliphatic rings. The van der Waals surface area contributed by atoms with Gasteiger partial charge >= 0.3 is 0 Å². The smallest absolute Gasteiger partial charge is 0.263 e. The molecule has 1 aromatic carbocycles. The van der Waals surface area contributed by atoms with Gasteiger partial charge in [-0.2, -0.15) is 0 Å². The van der Waals surface area contributed by atoms with Crippen LogP contribution in [0.1, 0.15) is 12.0 Å². The lowest BCUT2D eigenvalue weighted by molar-refractivity contribution is 0.151. The molecule has 0 saturated carbocycles. The Hall–Kier alpha value is -1.16. The molecular weight excluding hydrogens is 178 g/mol. The largest absolute Gasteiger partial charge is 0.491 e. The fourth-order valence-corrected chi connectivity index (χ4v) is 0.873. The van der Waals surface area contributed by atoms with E-state index in [0.717, 1.165) is 0 Å². The van der Waals surface area contributed by atoms with Crippen LogP contribution in [0.15, 0.2) is 24.3 Å². The number of halogens is 2. The Kier molecular flexibility index (Phi) is 3.64. The van der Waals surface area contributed by atoms with Crippen LogP contribution in [0.5, 0.6) is 5.75 Å². The molecular formula is C9H10F2O2. The van der Waals surface area contributed by atoms with Crippen LogP contribution >= 0.6 is 0 Å². The van der Waals surface area contributed by atoms with E-state index in [9.17, 15) is 8.78 Å². The van der Waals surface area contributed by atoms with Crippen molar-refractivity contribution in [2.45, 2.75) is 6.43 Å². The van der Waals surface area contributed by atoms with E-state index in [1.165, 1.54) is 24.3 Å². The summed E-state index contributed by atoms with van der Waals surface area (Å²) < 4.78 is 29.1. The number of benzene rings is 1. The molecule has 0 unspecified atom stereocenters. The van der Waals surface area contributed by atoms with Gasteiger partial charge in [0.05, 0.1) is 6.61 Å². The van der Waals surface area contributed by atoms with Crippen LogP contribution in [0.2, 0.25) is 0 Å². The van der Waals surface area contributed by atoms with Gasteiger partial charge in [-0.1, -0.05) is 0 Å². The van der Waals surface area contributed by atoms with Crippen LogP contribution in [0, 0.1) is 0 Å². The van der Waals surface area contributed by atoms with Crippen molar-refractivity contribution >= 4 is 0 Å². The molecule has 0 heterocycles. The number of ether oxygens (including phenoxy) is 1. The zero-order chi connectivity index (χ0) is 9.68. The number of rotatable bonds is 4. The summed E-state index contributed by atoms with van der Waals surface area (Å²) in [6.45, 7) is 0.0879. The van der Waals surface area contributed by atoms with E-state index < -0.39 is 6.43 Å². The molecule has 4 heteroatoms. The standard InChI is InChI=1S/C9H10F2O2/c10-9(11)7-1-3-8(4-2-7)13-6-5-12/h1-4,9,12H,5-6H2. The van der Waals surface area contributed by atoms with Crippen LogP contribution in [0.25, 0.3) is 0 Å². The quantitative estimate of drug-likeness (QED) is 0.783. The van der Waals surface area contributed by atoms with Gasteiger partial charge in [-0.05, 0) is 24.3 Å². The van der Waals surface area contributed by atoms with Gasteiger partial charge < -0.3 is 9.84 Å². The molecule has 72 valence electrons. The van der Waals surface area contributed by atoms with Crippen LogP contribution in [-0.4, -0.2) is 18.3 Å². The Morgan fingerprint density at radius 3 is 2.31 bits per heavy atom. The van der Waals surface area contributed by atoms with Crippen molar-refractivity contribution in [3.8, 4) is 5.75 Å². The molecule has 0 aliphatic heterocycles. The highest BCUT2D eigenvalue weighted by molar-refractivity contribution is 5.27. The maximum absolute atomic E-state index is 12.1. The van der Waals surface area contributed by atoms with Gasteiger partial charge in [0.2, 0.25) is 0 Å². The Labute approximate surface area is 74.8 Å². The molecule has 1 rings (SSSR count). The highest BCUT2D eigenvalue weighted by Gasteiger charge is 2.05. The van der Waals surface area contributed by atoms with E-state index in [1.807, 2.05) is 0 Å². The fourth-order valence-electron chi connectivity index (χ4n) is 0.873. The summed E-state index contributed by atoms with van der Waals surface area (Å²) in [5, 5.41) is 8.43.